The van der Waals surface area contributed by atoms with Gasteiger partial charge in [-0.2, -0.15) is 0 Å². The molecule has 1 atom stereocenters. The van der Waals surface area contributed by atoms with Gasteiger partial charge in [-0.1, -0.05) is 36.4 Å². The highest BCUT2D eigenvalue weighted by Crippen LogP contribution is 2.48. The number of hydrogen-bond acceptors (Lipinski definition) is 8. The molecule has 0 radical (unpaired) electrons. The first-order valence-corrected chi connectivity index (χ1v) is 8.74. The lowest BCUT2D eigenvalue weighted by atomic mass is 9.70. The van der Waals surface area contributed by atoms with Crippen LogP contribution in [0.5, 0.6) is 0 Å². The van der Waals surface area contributed by atoms with E-state index in [9.17, 15) is 19.5 Å². The van der Waals surface area contributed by atoms with E-state index in [1.807, 2.05) is 0 Å². The van der Waals surface area contributed by atoms with Crippen molar-refractivity contribution in [2.24, 2.45) is 0 Å². The lowest BCUT2D eigenvalue weighted by Crippen LogP contribution is -2.68. The minimum Gasteiger partial charge on any atom is -0.462 e. The molecule has 1 aliphatic rings. The van der Waals surface area contributed by atoms with E-state index in [-0.39, 0.29) is 30.0 Å². The first kappa shape index (κ1) is 19.5. The van der Waals surface area contributed by atoms with Crippen LogP contribution < -0.4 is 0 Å². The number of rotatable bonds is 5. The van der Waals surface area contributed by atoms with E-state index in [4.69, 9.17) is 14.2 Å². The zero-order chi connectivity index (χ0) is 20.4. The third kappa shape index (κ3) is 2.65. The van der Waals surface area contributed by atoms with Crippen LogP contribution in [-0.2, 0) is 29.4 Å². The smallest absolute Gasteiger partial charge is 0.366 e. The number of aliphatic hydroxyl groups is 1. The van der Waals surface area contributed by atoms with Crippen molar-refractivity contribution in [2.45, 2.75) is 25.0 Å². The third-order valence-corrected chi connectivity index (χ3v) is 4.46. The standard InChI is InChI=1S/C20H19NO7/c1-3-26-17(23)20(18(24)27-4-2)19(25,13-9-6-5-7-10-13)14-11-8-12-21-15(14)16(22)28-20/h5-12,25H,3-4H2,1-2H3. The van der Waals surface area contributed by atoms with Crippen LogP contribution in [-0.4, -0.2) is 46.8 Å². The molecule has 2 aromatic rings. The number of carbonyl (C=O) groups excluding carboxylic acids is 3. The van der Waals surface area contributed by atoms with Gasteiger partial charge >= 0.3 is 23.5 Å². The average Bonchev–Trinajstić information content (AvgIpc) is 2.71. The molecule has 1 aromatic heterocycles. The molecule has 8 nitrogen and oxygen atoms in total. The summed E-state index contributed by atoms with van der Waals surface area (Å²) in [7, 11) is 0. The molecule has 1 N–H and O–H groups in total. The Kier molecular flexibility index (Phi) is 5.15. The van der Waals surface area contributed by atoms with Gasteiger partial charge in [0.25, 0.3) is 0 Å². The molecule has 1 aromatic carbocycles. The zero-order valence-corrected chi connectivity index (χ0v) is 15.4. The van der Waals surface area contributed by atoms with Crippen LogP contribution in [0.3, 0.4) is 0 Å². The van der Waals surface area contributed by atoms with Gasteiger partial charge in [-0.05, 0) is 25.5 Å². The summed E-state index contributed by atoms with van der Waals surface area (Å²) in [5, 5.41) is 11.9. The maximum absolute atomic E-state index is 13.0. The number of cyclic esters (lactones) is 1. The van der Waals surface area contributed by atoms with Gasteiger partial charge in [-0.15, -0.1) is 0 Å². The van der Waals surface area contributed by atoms with Crippen molar-refractivity contribution in [1.82, 2.24) is 4.98 Å². The van der Waals surface area contributed by atoms with Gasteiger partial charge in [0.05, 0.1) is 13.2 Å². The minimum absolute atomic E-state index is 0.0569. The second-order valence-electron chi connectivity index (χ2n) is 5.99. The van der Waals surface area contributed by atoms with Crippen LogP contribution in [0.1, 0.15) is 35.5 Å². The number of nitrogens with zero attached hydrogens (tertiary/aromatic N) is 1. The second-order valence-corrected chi connectivity index (χ2v) is 5.99. The fraction of sp³-hybridized carbons (Fsp3) is 0.300. The van der Waals surface area contributed by atoms with E-state index in [0.717, 1.165) is 0 Å². The quantitative estimate of drug-likeness (QED) is 0.466. The van der Waals surface area contributed by atoms with E-state index >= 15 is 0 Å². The molecule has 8 heteroatoms. The van der Waals surface area contributed by atoms with Crippen molar-refractivity contribution in [3.8, 4) is 0 Å². The highest BCUT2D eigenvalue weighted by Gasteiger charge is 2.72. The Balaban J connectivity index is 2.40. The number of aromatic nitrogens is 1. The monoisotopic (exact) mass is 385 g/mol. The molecule has 28 heavy (non-hydrogen) atoms. The zero-order valence-electron chi connectivity index (χ0n) is 15.4. The molecule has 0 spiro atoms. The van der Waals surface area contributed by atoms with Crippen LogP contribution in [0.4, 0.5) is 0 Å². The van der Waals surface area contributed by atoms with Crippen LogP contribution in [0, 0.1) is 0 Å². The van der Waals surface area contributed by atoms with Crippen molar-refractivity contribution < 1.29 is 33.7 Å². The molecule has 0 amide bonds. The van der Waals surface area contributed by atoms with Gasteiger partial charge in [-0.3, -0.25) is 0 Å². The first-order valence-electron chi connectivity index (χ1n) is 8.74. The number of benzene rings is 1. The average molecular weight is 385 g/mol. The second kappa shape index (κ2) is 7.40. The predicted octanol–water partition coefficient (Wildman–Crippen LogP) is 1.35. The fourth-order valence-corrected chi connectivity index (χ4v) is 3.28. The molecule has 1 aliphatic heterocycles. The molecule has 3 rings (SSSR count). The van der Waals surface area contributed by atoms with Crippen LogP contribution in [0.25, 0.3) is 0 Å². The van der Waals surface area contributed by atoms with E-state index in [1.165, 1.54) is 44.3 Å². The lowest BCUT2D eigenvalue weighted by Gasteiger charge is -2.45. The molecule has 2 heterocycles. The molecule has 0 aliphatic carbocycles. The number of pyridine rings is 1. The first-order chi connectivity index (χ1) is 13.4. The van der Waals surface area contributed by atoms with E-state index in [0.29, 0.717) is 0 Å². The van der Waals surface area contributed by atoms with Gasteiger partial charge in [0.1, 0.15) is 0 Å². The normalized spacial score (nSPS) is 19.9. The van der Waals surface area contributed by atoms with E-state index in [2.05, 4.69) is 4.98 Å². The largest absolute Gasteiger partial charge is 0.462 e. The van der Waals surface area contributed by atoms with E-state index in [1.54, 1.807) is 18.2 Å². The van der Waals surface area contributed by atoms with Crippen LogP contribution in [0.15, 0.2) is 48.7 Å². The summed E-state index contributed by atoms with van der Waals surface area (Å²) in [6.45, 7) is 2.83. The fourth-order valence-electron chi connectivity index (χ4n) is 3.28. The number of esters is 3. The Labute approximate surface area is 161 Å². The summed E-state index contributed by atoms with van der Waals surface area (Å²) in [6.07, 6.45) is 1.34. The minimum atomic E-state index is -2.78. The number of fused-ring (bicyclic) bond motifs is 1. The van der Waals surface area contributed by atoms with Crippen molar-refractivity contribution >= 4 is 17.9 Å². The topological polar surface area (TPSA) is 112 Å². The molecule has 0 saturated heterocycles. The maximum atomic E-state index is 13.0. The predicted molar refractivity (Wildman–Crippen MR) is 95.1 cm³/mol. The van der Waals surface area contributed by atoms with Crippen molar-refractivity contribution in [2.75, 3.05) is 13.2 Å². The molecule has 0 saturated carbocycles. The Morgan fingerprint density at radius 3 is 2.21 bits per heavy atom. The highest BCUT2D eigenvalue weighted by molar-refractivity contribution is 6.11. The molecule has 146 valence electrons. The third-order valence-electron chi connectivity index (χ3n) is 4.46. The summed E-state index contributed by atoms with van der Waals surface area (Å²) >= 11 is 0. The van der Waals surface area contributed by atoms with Crippen molar-refractivity contribution in [3.63, 3.8) is 0 Å². The summed E-state index contributed by atoms with van der Waals surface area (Å²) in [5.74, 6) is -3.51. The van der Waals surface area contributed by atoms with Crippen molar-refractivity contribution in [1.29, 1.82) is 0 Å². The van der Waals surface area contributed by atoms with Crippen LogP contribution in [0.2, 0.25) is 0 Å². The molecule has 0 bridgehead atoms. The van der Waals surface area contributed by atoms with Gasteiger partial charge in [-0.25, -0.2) is 19.4 Å². The summed E-state index contributed by atoms with van der Waals surface area (Å²) in [4.78, 5) is 42.6. The van der Waals surface area contributed by atoms with Crippen LogP contribution >= 0.6 is 0 Å². The Bertz CT molecular complexity index is 894. The number of ether oxygens (including phenoxy) is 3. The number of carbonyl (C=O) groups is 3. The van der Waals surface area contributed by atoms with Gasteiger partial charge in [0.2, 0.25) is 0 Å². The maximum Gasteiger partial charge on any atom is 0.366 e. The lowest BCUT2D eigenvalue weighted by molar-refractivity contribution is -0.212. The molecular weight excluding hydrogens is 366 g/mol. The highest BCUT2D eigenvalue weighted by atomic mass is 16.6. The summed E-state index contributed by atoms with van der Waals surface area (Å²) in [6, 6.07) is 10.8. The van der Waals surface area contributed by atoms with Gasteiger partial charge in [0, 0.05) is 11.8 Å². The Hall–Kier alpha value is -3.26. The van der Waals surface area contributed by atoms with Gasteiger partial charge < -0.3 is 19.3 Å². The summed E-state index contributed by atoms with van der Waals surface area (Å²) < 4.78 is 15.4. The molecule has 0 fully saturated rings. The number of hydrogen-bond donors (Lipinski definition) is 1. The summed E-state index contributed by atoms with van der Waals surface area (Å²) in [5.41, 5.74) is -5.33. The SMILES string of the molecule is CCOC(=O)C1(C(=O)OCC)OC(=O)c2ncccc2C1(O)c1ccccc1. The molecular formula is C20H19NO7. The Morgan fingerprint density at radius 1 is 1.04 bits per heavy atom. The van der Waals surface area contributed by atoms with Gasteiger partial charge in [0.15, 0.2) is 11.3 Å². The van der Waals surface area contributed by atoms with Crippen molar-refractivity contribution in [3.05, 3.63) is 65.5 Å². The van der Waals surface area contributed by atoms with E-state index < -0.39 is 29.1 Å². The molecule has 1 unspecified atom stereocenters. The Morgan fingerprint density at radius 2 is 1.64 bits per heavy atom.